The van der Waals surface area contributed by atoms with Crippen LogP contribution in [0.15, 0.2) is 10.7 Å². The molecule has 0 amide bonds. The molecular weight excluding hydrogens is 248 g/mol. The first-order valence-corrected chi connectivity index (χ1v) is 5.38. The van der Waals surface area contributed by atoms with E-state index in [0.29, 0.717) is 0 Å². The Balaban J connectivity index is 2.12. The average Bonchev–Trinajstić information content (AvgIpc) is 2.47. The largest absolute Gasteiger partial charge is 0.481 e. The highest BCUT2D eigenvalue weighted by atomic mass is 79.9. The van der Waals surface area contributed by atoms with Crippen LogP contribution in [-0.2, 0) is 17.8 Å². The molecule has 76 valence electrons. The van der Waals surface area contributed by atoms with Gasteiger partial charge < -0.3 is 5.11 Å². The number of aryl methyl sites for hydroxylation is 1. The zero-order valence-electron chi connectivity index (χ0n) is 7.61. The summed E-state index contributed by atoms with van der Waals surface area (Å²) in [5.41, 5.74) is 1.13. The zero-order chi connectivity index (χ0) is 10.1. The van der Waals surface area contributed by atoms with E-state index < -0.39 is 5.97 Å². The van der Waals surface area contributed by atoms with Crippen LogP contribution in [0.5, 0.6) is 0 Å². The molecule has 0 fully saturated rings. The Hall–Kier alpha value is -0.840. The molecule has 0 saturated heterocycles. The number of carbonyl (C=O) groups is 1. The van der Waals surface area contributed by atoms with Gasteiger partial charge in [-0.25, -0.2) is 0 Å². The molecule has 0 aromatic carbocycles. The van der Waals surface area contributed by atoms with Crippen molar-refractivity contribution in [1.82, 2.24) is 9.78 Å². The van der Waals surface area contributed by atoms with Crippen LogP contribution < -0.4 is 0 Å². The van der Waals surface area contributed by atoms with Gasteiger partial charge in [0.1, 0.15) is 0 Å². The van der Waals surface area contributed by atoms with Crippen molar-refractivity contribution in [2.24, 2.45) is 5.92 Å². The first-order valence-electron chi connectivity index (χ1n) is 4.59. The Kier molecular flexibility index (Phi) is 2.58. The number of fused-ring (bicyclic) bond motifs is 1. The number of carboxylic acids is 1. The van der Waals surface area contributed by atoms with Gasteiger partial charge in [-0.1, -0.05) is 0 Å². The molecule has 1 N–H and O–H groups in total. The van der Waals surface area contributed by atoms with Gasteiger partial charge in [-0.15, -0.1) is 0 Å². The molecule has 1 unspecified atom stereocenters. The van der Waals surface area contributed by atoms with E-state index in [0.717, 1.165) is 29.6 Å². The Morgan fingerprint density at radius 1 is 1.79 bits per heavy atom. The molecule has 5 heteroatoms. The molecule has 4 nitrogen and oxygen atoms in total. The van der Waals surface area contributed by atoms with Crippen LogP contribution in [0, 0.1) is 5.92 Å². The highest BCUT2D eigenvalue weighted by Crippen LogP contribution is 2.27. The van der Waals surface area contributed by atoms with E-state index in [1.807, 2.05) is 4.68 Å². The van der Waals surface area contributed by atoms with E-state index in [9.17, 15) is 4.79 Å². The fourth-order valence-electron chi connectivity index (χ4n) is 1.88. The minimum atomic E-state index is -0.709. The summed E-state index contributed by atoms with van der Waals surface area (Å²) in [6.07, 6.45) is 3.76. The van der Waals surface area contributed by atoms with Crippen LogP contribution in [-0.4, -0.2) is 20.9 Å². The Labute approximate surface area is 90.0 Å². The molecule has 1 aromatic rings. The van der Waals surface area contributed by atoms with Gasteiger partial charge in [0.05, 0.1) is 16.4 Å². The zero-order valence-corrected chi connectivity index (χ0v) is 9.20. The first kappa shape index (κ1) is 9.71. The van der Waals surface area contributed by atoms with Crippen LogP contribution in [0.1, 0.15) is 18.5 Å². The SMILES string of the molecule is O=C(O)CC1CCn2ncc(Br)c2C1. The van der Waals surface area contributed by atoms with Crippen molar-refractivity contribution >= 4 is 21.9 Å². The molecule has 1 aromatic heterocycles. The summed E-state index contributed by atoms with van der Waals surface area (Å²) in [7, 11) is 0. The molecule has 2 rings (SSSR count). The third kappa shape index (κ3) is 1.82. The minimum absolute atomic E-state index is 0.257. The highest BCUT2D eigenvalue weighted by molar-refractivity contribution is 9.10. The molecule has 1 atom stereocenters. The van der Waals surface area contributed by atoms with Gasteiger partial charge >= 0.3 is 5.97 Å². The van der Waals surface area contributed by atoms with Crippen LogP contribution in [0.3, 0.4) is 0 Å². The minimum Gasteiger partial charge on any atom is -0.481 e. The predicted octanol–water partition coefficient (Wildman–Crippen LogP) is 1.68. The fraction of sp³-hybridized carbons (Fsp3) is 0.556. The van der Waals surface area contributed by atoms with E-state index in [2.05, 4.69) is 21.0 Å². The molecular formula is C9H11BrN2O2. The quantitative estimate of drug-likeness (QED) is 0.879. The monoisotopic (exact) mass is 258 g/mol. The number of aliphatic carboxylic acids is 1. The van der Waals surface area contributed by atoms with Crippen LogP contribution in [0.2, 0.25) is 0 Å². The molecule has 0 bridgehead atoms. The lowest BCUT2D eigenvalue weighted by atomic mass is 9.93. The second-order valence-electron chi connectivity index (χ2n) is 3.62. The fourth-order valence-corrected chi connectivity index (χ4v) is 2.34. The lowest BCUT2D eigenvalue weighted by molar-refractivity contribution is -0.138. The standard InChI is InChI=1S/C9H11BrN2O2/c10-7-5-11-12-2-1-6(3-8(7)12)4-9(13)14/h5-6H,1-4H2,(H,13,14). The van der Waals surface area contributed by atoms with Gasteiger partial charge in [-0.2, -0.15) is 5.10 Å². The van der Waals surface area contributed by atoms with Crippen LogP contribution >= 0.6 is 15.9 Å². The lowest BCUT2D eigenvalue weighted by Crippen LogP contribution is -2.22. The topological polar surface area (TPSA) is 55.1 Å². The molecule has 0 spiro atoms. The summed E-state index contributed by atoms with van der Waals surface area (Å²) in [5, 5.41) is 12.9. The summed E-state index contributed by atoms with van der Waals surface area (Å²) in [5.74, 6) is -0.452. The summed E-state index contributed by atoms with van der Waals surface area (Å²) in [6.45, 7) is 0.832. The summed E-state index contributed by atoms with van der Waals surface area (Å²) in [6, 6.07) is 0. The Morgan fingerprint density at radius 3 is 3.29 bits per heavy atom. The van der Waals surface area contributed by atoms with Crippen LogP contribution in [0.4, 0.5) is 0 Å². The van der Waals surface area contributed by atoms with Gasteiger partial charge in [0, 0.05) is 13.0 Å². The molecule has 14 heavy (non-hydrogen) atoms. The number of aromatic nitrogens is 2. The molecule has 0 saturated carbocycles. The number of nitrogens with zero attached hydrogens (tertiary/aromatic N) is 2. The maximum absolute atomic E-state index is 10.6. The molecule has 1 aliphatic heterocycles. The van der Waals surface area contributed by atoms with Gasteiger partial charge in [-0.05, 0) is 34.7 Å². The third-order valence-corrected chi connectivity index (χ3v) is 3.25. The number of halogens is 1. The summed E-state index contributed by atoms with van der Waals surface area (Å²) >= 11 is 3.41. The van der Waals surface area contributed by atoms with E-state index >= 15 is 0 Å². The van der Waals surface area contributed by atoms with Crippen molar-refractivity contribution in [3.8, 4) is 0 Å². The molecule has 2 heterocycles. The Bertz CT molecular complexity index is 362. The van der Waals surface area contributed by atoms with E-state index in [-0.39, 0.29) is 12.3 Å². The number of hydrogen-bond donors (Lipinski definition) is 1. The maximum Gasteiger partial charge on any atom is 0.303 e. The highest BCUT2D eigenvalue weighted by Gasteiger charge is 2.23. The van der Waals surface area contributed by atoms with Gasteiger partial charge in [0.25, 0.3) is 0 Å². The predicted molar refractivity (Wildman–Crippen MR) is 54.0 cm³/mol. The summed E-state index contributed by atoms with van der Waals surface area (Å²) < 4.78 is 2.94. The molecule has 0 radical (unpaired) electrons. The normalized spacial score (nSPS) is 20.5. The van der Waals surface area contributed by atoms with Crippen molar-refractivity contribution in [1.29, 1.82) is 0 Å². The van der Waals surface area contributed by atoms with Crippen molar-refractivity contribution in [3.63, 3.8) is 0 Å². The second kappa shape index (κ2) is 3.73. The number of carboxylic acid groups (broad SMARTS) is 1. The van der Waals surface area contributed by atoms with Crippen molar-refractivity contribution in [3.05, 3.63) is 16.4 Å². The Morgan fingerprint density at radius 2 is 2.57 bits per heavy atom. The summed E-state index contributed by atoms with van der Waals surface area (Å²) in [4.78, 5) is 10.6. The van der Waals surface area contributed by atoms with Crippen LogP contribution in [0.25, 0.3) is 0 Å². The van der Waals surface area contributed by atoms with Crippen molar-refractivity contribution < 1.29 is 9.90 Å². The van der Waals surface area contributed by atoms with E-state index in [1.54, 1.807) is 6.20 Å². The smallest absolute Gasteiger partial charge is 0.303 e. The van der Waals surface area contributed by atoms with E-state index in [4.69, 9.17) is 5.11 Å². The lowest BCUT2D eigenvalue weighted by Gasteiger charge is -2.22. The first-order chi connectivity index (χ1) is 6.66. The number of rotatable bonds is 2. The molecule has 1 aliphatic rings. The maximum atomic E-state index is 10.6. The average molecular weight is 259 g/mol. The number of hydrogen-bond acceptors (Lipinski definition) is 2. The van der Waals surface area contributed by atoms with Crippen molar-refractivity contribution in [2.75, 3.05) is 0 Å². The van der Waals surface area contributed by atoms with Crippen molar-refractivity contribution in [2.45, 2.75) is 25.8 Å². The third-order valence-electron chi connectivity index (χ3n) is 2.59. The van der Waals surface area contributed by atoms with Gasteiger partial charge in [0.2, 0.25) is 0 Å². The molecule has 0 aliphatic carbocycles. The van der Waals surface area contributed by atoms with E-state index in [1.165, 1.54) is 0 Å². The second-order valence-corrected chi connectivity index (χ2v) is 4.47. The van der Waals surface area contributed by atoms with Gasteiger partial charge in [-0.3, -0.25) is 9.48 Å². The van der Waals surface area contributed by atoms with Gasteiger partial charge in [0.15, 0.2) is 0 Å².